The second-order valence-corrected chi connectivity index (χ2v) is 8.15. The van der Waals surface area contributed by atoms with Crippen molar-refractivity contribution in [3.63, 3.8) is 0 Å². The molecule has 0 fully saturated rings. The fourth-order valence-electron chi connectivity index (χ4n) is 2.94. The van der Waals surface area contributed by atoms with Gasteiger partial charge < -0.3 is 9.15 Å². The zero-order valence-electron chi connectivity index (χ0n) is 17.0. The number of benzene rings is 2. The number of carbonyl (C=O) groups is 1. The third-order valence-corrected chi connectivity index (χ3v) is 5.72. The van der Waals surface area contributed by atoms with Crippen molar-refractivity contribution in [3.8, 4) is 11.5 Å². The second kappa shape index (κ2) is 9.76. The van der Waals surface area contributed by atoms with Crippen LogP contribution in [0.3, 0.4) is 0 Å². The molecule has 0 bridgehead atoms. The highest BCUT2D eigenvalue weighted by molar-refractivity contribution is 7.07. The Morgan fingerprint density at radius 3 is 2.62 bits per heavy atom. The topological polar surface area (TPSA) is 87.2 Å². The van der Waals surface area contributed by atoms with Crippen LogP contribution in [-0.2, 0) is 16.1 Å². The van der Waals surface area contributed by atoms with E-state index in [1.54, 1.807) is 25.1 Å². The van der Waals surface area contributed by atoms with E-state index in [0.717, 1.165) is 11.1 Å². The molecular weight excluding hydrogens is 450 g/mol. The molecular formula is C23H18ClN3O4S. The predicted molar refractivity (Wildman–Crippen MR) is 123 cm³/mol. The number of thiazole rings is 1. The molecule has 0 aliphatic heterocycles. The van der Waals surface area contributed by atoms with Gasteiger partial charge >= 0.3 is 5.97 Å². The van der Waals surface area contributed by atoms with Gasteiger partial charge in [0.25, 0.3) is 5.56 Å². The minimum atomic E-state index is -0.531. The first-order chi connectivity index (χ1) is 15.5. The lowest BCUT2D eigenvalue weighted by atomic mass is 10.2. The summed E-state index contributed by atoms with van der Waals surface area (Å²) in [5.41, 5.74) is 1.31. The Bertz CT molecular complexity index is 1410. The molecule has 0 atom stereocenters. The molecule has 7 nitrogen and oxygen atoms in total. The molecule has 0 aliphatic carbocycles. The molecule has 0 spiro atoms. The monoisotopic (exact) mass is 467 g/mol. The van der Waals surface area contributed by atoms with Crippen molar-refractivity contribution >= 4 is 41.1 Å². The fourth-order valence-corrected chi connectivity index (χ4v) is 4.09. The van der Waals surface area contributed by atoms with Crippen molar-refractivity contribution in [1.29, 1.82) is 0 Å². The molecule has 0 aliphatic rings. The SMILES string of the molecule is CCOC(=O)/C=c1\s/c(=C\c2ccc(Cl)cc2)c(=O)n1Cc1nnc(-c2ccccc2)o1. The first-order valence-electron chi connectivity index (χ1n) is 9.76. The highest BCUT2D eigenvalue weighted by Crippen LogP contribution is 2.17. The molecule has 2 aromatic carbocycles. The first-order valence-corrected chi connectivity index (χ1v) is 11.0. The van der Waals surface area contributed by atoms with Gasteiger partial charge in [0.05, 0.1) is 17.2 Å². The van der Waals surface area contributed by atoms with Crippen molar-refractivity contribution in [3.05, 3.63) is 90.6 Å². The van der Waals surface area contributed by atoms with E-state index in [0.29, 0.717) is 20.1 Å². The maximum Gasteiger partial charge on any atom is 0.333 e. The lowest BCUT2D eigenvalue weighted by molar-refractivity contribution is -0.135. The minimum Gasteiger partial charge on any atom is -0.463 e. The molecule has 2 aromatic heterocycles. The average Bonchev–Trinajstić information content (AvgIpc) is 3.37. The predicted octanol–water partition coefficient (Wildman–Crippen LogP) is 2.83. The number of halogens is 1. The number of rotatable bonds is 6. The largest absolute Gasteiger partial charge is 0.463 e. The van der Waals surface area contributed by atoms with Crippen LogP contribution in [0.2, 0.25) is 5.02 Å². The summed E-state index contributed by atoms with van der Waals surface area (Å²) in [6.45, 7) is 1.98. The molecule has 0 saturated carbocycles. The highest BCUT2D eigenvalue weighted by atomic mass is 35.5. The Morgan fingerprint density at radius 2 is 1.91 bits per heavy atom. The van der Waals surface area contributed by atoms with Crippen LogP contribution in [0.15, 0.2) is 63.8 Å². The molecule has 2 heterocycles. The van der Waals surface area contributed by atoms with Crippen molar-refractivity contribution in [1.82, 2.24) is 14.8 Å². The number of aromatic nitrogens is 3. The molecule has 162 valence electrons. The van der Waals surface area contributed by atoms with Gasteiger partial charge in [-0.3, -0.25) is 9.36 Å². The van der Waals surface area contributed by atoms with E-state index in [1.807, 2.05) is 42.5 Å². The van der Waals surface area contributed by atoms with Gasteiger partial charge in [0.1, 0.15) is 11.2 Å². The maximum absolute atomic E-state index is 13.1. The van der Waals surface area contributed by atoms with E-state index in [1.165, 1.54) is 22.0 Å². The van der Waals surface area contributed by atoms with Crippen molar-refractivity contribution in [2.75, 3.05) is 6.61 Å². The molecule has 4 aromatic rings. The van der Waals surface area contributed by atoms with Crippen molar-refractivity contribution < 1.29 is 13.9 Å². The van der Waals surface area contributed by atoms with Crippen LogP contribution in [0.4, 0.5) is 0 Å². The van der Waals surface area contributed by atoms with Gasteiger partial charge in [-0.2, -0.15) is 0 Å². The van der Waals surface area contributed by atoms with Crippen LogP contribution in [-0.4, -0.2) is 27.3 Å². The molecule has 0 saturated heterocycles. The van der Waals surface area contributed by atoms with Gasteiger partial charge in [0.2, 0.25) is 11.8 Å². The number of nitrogens with zero attached hydrogens (tertiary/aromatic N) is 3. The van der Waals surface area contributed by atoms with Gasteiger partial charge in [-0.25, -0.2) is 4.79 Å². The molecule has 9 heteroatoms. The molecule has 4 rings (SSSR count). The average molecular weight is 468 g/mol. The van der Waals surface area contributed by atoms with Crippen molar-refractivity contribution in [2.24, 2.45) is 0 Å². The summed E-state index contributed by atoms with van der Waals surface area (Å²) in [6.07, 6.45) is 3.04. The van der Waals surface area contributed by atoms with Crippen LogP contribution in [0, 0.1) is 0 Å². The van der Waals surface area contributed by atoms with Gasteiger partial charge in [-0.05, 0) is 42.8 Å². The Morgan fingerprint density at radius 1 is 1.16 bits per heavy atom. The Hall–Kier alpha value is -3.49. The number of hydrogen-bond donors (Lipinski definition) is 0. The number of ether oxygens (including phenoxy) is 1. The summed E-state index contributed by atoms with van der Waals surface area (Å²) in [7, 11) is 0. The third-order valence-electron chi connectivity index (χ3n) is 4.41. The summed E-state index contributed by atoms with van der Waals surface area (Å²) in [4.78, 5) is 25.2. The maximum atomic E-state index is 13.1. The summed E-state index contributed by atoms with van der Waals surface area (Å²) in [5, 5.41) is 8.73. The summed E-state index contributed by atoms with van der Waals surface area (Å²) in [6, 6.07) is 16.4. The Kier molecular flexibility index (Phi) is 6.63. The smallest absolute Gasteiger partial charge is 0.333 e. The zero-order valence-corrected chi connectivity index (χ0v) is 18.6. The zero-order chi connectivity index (χ0) is 22.5. The van der Waals surface area contributed by atoms with E-state index < -0.39 is 5.97 Å². The van der Waals surface area contributed by atoms with Gasteiger partial charge in [-0.15, -0.1) is 21.5 Å². The molecule has 0 N–H and O–H groups in total. The lowest BCUT2D eigenvalue weighted by Gasteiger charge is -1.98. The van der Waals surface area contributed by atoms with E-state index in [4.69, 9.17) is 20.8 Å². The molecule has 32 heavy (non-hydrogen) atoms. The minimum absolute atomic E-state index is 0.0227. The van der Waals surface area contributed by atoms with Crippen LogP contribution in [0.5, 0.6) is 0 Å². The summed E-state index contributed by atoms with van der Waals surface area (Å²) >= 11 is 7.12. The van der Waals surface area contributed by atoms with E-state index in [-0.39, 0.29) is 24.6 Å². The second-order valence-electron chi connectivity index (χ2n) is 6.66. The van der Waals surface area contributed by atoms with E-state index in [2.05, 4.69) is 10.2 Å². The van der Waals surface area contributed by atoms with Gasteiger partial charge in [-0.1, -0.05) is 41.9 Å². The number of esters is 1. The Labute approximate surface area is 191 Å². The lowest BCUT2D eigenvalue weighted by Crippen LogP contribution is -2.32. The van der Waals surface area contributed by atoms with Crippen molar-refractivity contribution in [2.45, 2.75) is 13.5 Å². The van der Waals surface area contributed by atoms with E-state index >= 15 is 0 Å². The summed E-state index contributed by atoms with van der Waals surface area (Å²) in [5.74, 6) is 0.0732. The normalized spacial score (nSPS) is 12.3. The summed E-state index contributed by atoms with van der Waals surface area (Å²) < 4.78 is 13.1. The molecule has 0 amide bonds. The van der Waals surface area contributed by atoms with Gasteiger partial charge in [0, 0.05) is 10.6 Å². The van der Waals surface area contributed by atoms with Gasteiger partial charge in [0.15, 0.2) is 0 Å². The fraction of sp³-hybridized carbons (Fsp3) is 0.130. The molecule has 0 radical (unpaired) electrons. The first kappa shape index (κ1) is 21.7. The van der Waals surface area contributed by atoms with Crippen LogP contribution in [0.25, 0.3) is 23.6 Å². The quantitative estimate of drug-likeness (QED) is 0.405. The Balaban J connectivity index is 1.76. The standard InChI is InChI=1S/C23H18ClN3O4S/c1-2-30-21(28)13-20-27(14-19-25-26-22(31-19)16-6-4-3-5-7-16)23(29)18(32-20)12-15-8-10-17(24)11-9-15/h3-13H,2,14H2,1H3/b18-12-,20-13-. The number of carbonyl (C=O) groups excluding carboxylic acids is 1. The molecule has 0 unspecified atom stereocenters. The van der Waals surface area contributed by atoms with Crippen LogP contribution >= 0.6 is 22.9 Å². The third kappa shape index (κ3) is 5.04. The van der Waals surface area contributed by atoms with Crippen LogP contribution in [0.1, 0.15) is 18.4 Å². The van der Waals surface area contributed by atoms with Crippen LogP contribution < -0.4 is 14.8 Å². The number of hydrogen-bond acceptors (Lipinski definition) is 7. The highest BCUT2D eigenvalue weighted by Gasteiger charge is 2.13. The van der Waals surface area contributed by atoms with E-state index in [9.17, 15) is 9.59 Å².